The minimum atomic E-state index is -0.187. The van der Waals surface area contributed by atoms with Crippen molar-refractivity contribution in [1.82, 2.24) is 4.90 Å². The van der Waals surface area contributed by atoms with Crippen molar-refractivity contribution in [2.75, 3.05) is 13.2 Å². The zero-order valence-electron chi connectivity index (χ0n) is 13.8. The van der Waals surface area contributed by atoms with E-state index < -0.39 is 0 Å². The highest BCUT2D eigenvalue weighted by atomic mass is 16.5. The largest absolute Gasteiger partial charge is 0.377 e. The van der Waals surface area contributed by atoms with Crippen LogP contribution in [0.5, 0.6) is 0 Å². The van der Waals surface area contributed by atoms with Gasteiger partial charge in [-0.1, -0.05) is 49.4 Å². The van der Waals surface area contributed by atoms with Crippen LogP contribution in [0.4, 0.5) is 0 Å². The molecule has 2 amide bonds. The maximum Gasteiger partial charge on any atom is 0.261 e. The number of nitrogens with zero attached hydrogens (tertiary/aromatic N) is 1. The molecule has 0 bridgehead atoms. The van der Waals surface area contributed by atoms with Crippen LogP contribution in [0.15, 0.2) is 54.6 Å². The third kappa shape index (κ3) is 3.54. The van der Waals surface area contributed by atoms with Crippen molar-refractivity contribution in [3.8, 4) is 0 Å². The van der Waals surface area contributed by atoms with Crippen LogP contribution < -0.4 is 0 Å². The van der Waals surface area contributed by atoms with Crippen LogP contribution in [0.25, 0.3) is 0 Å². The quantitative estimate of drug-likeness (QED) is 0.578. The molecular weight excluding hydrogens is 302 g/mol. The number of rotatable bonds is 7. The van der Waals surface area contributed by atoms with Crippen LogP contribution in [0.3, 0.4) is 0 Å². The molecule has 0 saturated heterocycles. The van der Waals surface area contributed by atoms with Gasteiger partial charge in [0.2, 0.25) is 0 Å². The maximum atomic E-state index is 12.3. The molecule has 2 aromatic rings. The molecule has 0 radical (unpaired) electrons. The van der Waals surface area contributed by atoms with E-state index >= 15 is 0 Å². The predicted octanol–water partition coefficient (Wildman–Crippen LogP) is 3.53. The Kier molecular flexibility index (Phi) is 5.06. The lowest BCUT2D eigenvalue weighted by Gasteiger charge is -2.19. The predicted molar refractivity (Wildman–Crippen MR) is 91.7 cm³/mol. The molecule has 0 fully saturated rings. The first-order valence-electron chi connectivity index (χ1n) is 8.23. The van der Waals surface area contributed by atoms with Crippen molar-refractivity contribution in [2.24, 2.45) is 5.92 Å². The van der Waals surface area contributed by atoms with E-state index in [2.05, 4.69) is 0 Å². The zero-order valence-corrected chi connectivity index (χ0v) is 13.8. The Morgan fingerprint density at radius 2 is 1.50 bits per heavy atom. The number of hydrogen-bond acceptors (Lipinski definition) is 3. The second-order valence-corrected chi connectivity index (χ2v) is 6.20. The van der Waals surface area contributed by atoms with Gasteiger partial charge in [-0.15, -0.1) is 0 Å². The topological polar surface area (TPSA) is 46.6 Å². The highest BCUT2D eigenvalue weighted by Gasteiger charge is 2.35. The van der Waals surface area contributed by atoms with Crippen LogP contribution in [-0.2, 0) is 11.3 Å². The number of carbonyl (C=O) groups is 2. The molecule has 0 unspecified atom stereocenters. The molecule has 124 valence electrons. The SMILES string of the molecule is C[C@@H](CCOCc1ccccc1)CN1C(=O)c2ccccc2C1=O. The van der Waals surface area contributed by atoms with Crippen molar-refractivity contribution < 1.29 is 14.3 Å². The fourth-order valence-electron chi connectivity index (χ4n) is 2.86. The number of benzene rings is 2. The van der Waals surface area contributed by atoms with E-state index in [1.54, 1.807) is 24.3 Å². The van der Waals surface area contributed by atoms with E-state index in [1.807, 2.05) is 37.3 Å². The van der Waals surface area contributed by atoms with Crippen LogP contribution >= 0.6 is 0 Å². The second-order valence-electron chi connectivity index (χ2n) is 6.20. The molecule has 4 nitrogen and oxygen atoms in total. The summed E-state index contributed by atoms with van der Waals surface area (Å²) in [6.07, 6.45) is 0.806. The molecule has 0 aliphatic carbocycles. The Morgan fingerprint density at radius 1 is 0.917 bits per heavy atom. The second kappa shape index (κ2) is 7.41. The molecule has 1 heterocycles. The number of hydrogen-bond donors (Lipinski definition) is 0. The average molecular weight is 323 g/mol. The molecule has 0 N–H and O–H groups in total. The molecule has 1 aliphatic rings. The van der Waals surface area contributed by atoms with Gasteiger partial charge in [0.05, 0.1) is 17.7 Å². The standard InChI is InChI=1S/C20H21NO3/c1-15(11-12-24-14-16-7-3-2-4-8-16)13-21-19(22)17-9-5-6-10-18(17)20(21)23/h2-10,15H,11-14H2,1H3/t15-/m0/s1. The molecule has 2 aromatic carbocycles. The van der Waals surface area contributed by atoms with Crippen molar-refractivity contribution in [3.05, 3.63) is 71.3 Å². The highest BCUT2D eigenvalue weighted by Crippen LogP contribution is 2.23. The number of amides is 2. The number of carbonyl (C=O) groups excluding carboxylic acids is 2. The number of fused-ring (bicyclic) bond motifs is 1. The molecule has 0 saturated carbocycles. The minimum Gasteiger partial charge on any atom is -0.377 e. The van der Waals surface area contributed by atoms with Crippen LogP contribution in [0, 0.1) is 5.92 Å². The van der Waals surface area contributed by atoms with Gasteiger partial charge >= 0.3 is 0 Å². The van der Waals surface area contributed by atoms with Crippen molar-refractivity contribution in [3.63, 3.8) is 0 Å². The number of ether oxygens (including phenoxy) is 1. The summed E-state index contributed by atoms with van der Waals surface area (Å²) in [5, 5.41) is 0. The summed E-state index contributed by atoms with van der Waals surface area (Å²) in [5.41, 5.74) is 2.16. The molecule has 0 spiro atoms. The Labute approximate surface area is 142 Å². The fraction of sp³-hybridized carbons (Fsp3) is 0.300. The lowest BCUT2D eigenvalue weighted by Crippen LogP contribution is -2.34. The summed E-state index contributed by atoms with van der Waals surface area (Å²) in [5.74, 6) is -0.178. The monoisotopic (exact) mass is 323 g/mol. The average Bonchev–Trinajstić information content (AvgIpc) is 2.85. The van der Waals surface area contributed by atoms with E-state index in [0.29, 0.717) is 30.9 Å². The summed E-state index contributed by atoms with van der Waals surface area (Å²) in [6, 6.07) is 17.0. The molecule has 4 heteroatoms. The highest BCUT2D eigenvalue weighted by molar-refractivity contribution is 6.21. The van der Waals surface area contributed by atoms with Crippen molar-refractivity contribution >= 4 is 11.8 Å². The van der Waals surface area contributed by atoms with Crippen LogP contribution in [-0.4, -0.2) is 29.9 Å². The zero-order chi connectivity index (χ0) is 16.9. The lowest BCUT2D eigenvalue weighted by molar-refractivity contribution is 0.0606. The normalized spacial score (nSPS) is 14.8. The first kappa shape index (κ1) is 16.4. The van der Waals surface area contributed by atoms with Crippen LogP contribution in [0.2, 0.25) is 0 Å². The van der Waals surface area contributed by atoms with Gasteiger partial charge in [-0.3, -0.25) is 14.5 Å². The molecule has 24 heavy (non-hydrogen) atoms. The molecular formula is C20H21NO3. The molecule has 1 atom stereocenters. The summed E-state index contributed by atoms with van der Waals surface area (Å²) >= 11 is 0. The van der Waals surface area contributed by atoms with Gasteiger partial charge in [-0.25, -0.2) is 0 Å². The van der Waals surface area contributed by atoms with Gasteiger partial charge in [0, 0.05) is 13.2 Å². The third-order valence-electron chi connectivity index (χ3n) is 4.24. The van der Waals surface area contributed by atoms with E-state index in [1.165, 1.54) is 4.90 Å². The summed E-state index contributed by atoms with van der Waals surface area (Å²) in [7, 11) is 0. The lowest BCUT2D eigenvalue weighted by atomic mass is 10.1. The smallest absolute Gasteiger partial charge is 0.261 e. The van der Waals surface area contributed by atoms with Gasteiger partial charge < -0.3 is 4.74 Å². The summed E-state index contributed by atoms with van der Waals surface area (Å²) < 4.78 is 5.68. The fourth-order valence-corrected chi connectivity index (χ4v) is 2.86. The number of imide groups is 1. The Bertz CT molecular complexity index is 692. The first-order chi connectivity index (χ1) is 11.7. The third-order valence-corrected chi connectivity index (χ3v) is 4.24. The first-order valence-corrected chi connectivity index (χ1v) is 8.23. The summed E-state index contributed by atoms with van der Waals surface area (Å²) in [6.45, 7) is 3.66. The molecule has 0 aromatic heterocycles. The van der Waals surface area contributed by atoms with Gasteiger partial charge in [-0.2, -0.15) is 0 Å². The van der Waals surface area contributed by atoms with Gasteiger partial charge in [0.25, 0.3) is 11.8 Å². The molecule has 3 rings (SSSR count). The van der Waals surface area contributed by atoms with E-state index in [4.69, 9.17) is 4.74 Å². The van der Waals surface area contributed by atoms with Gasteiger partial charge in [0.15, 0.2) is 0 Å². The Morgan fingerprint density at radius 3 is 2.12 bits per heavy atom. The van der Waals surface area contributed by atoms with Crippen molar-refractivity contribution in [2.45, 2.75) is 20.0 Å². The maximum absolute atomic E-state index is 12.3. The van der Waals surface area contributed by atoms with Crippen LogP contribution in [0.1, 0.15) is 39.6 Å². The van der Waals surface area contributed by atoms with E-state index in [-0.39, 0.29) is 17.7 Å². The van der Waals surface area contributed by atoms with E-state index in [0.717, 1.165) is 12.0 Å². The van der Waals surface area contributed by atoms with Gasteiger partial charge in [0.1, 0.15) is 0 Å². The molecule has 1 aliphatic heterocycles. The Balaban J connectivity index is 1.47. The Hall–Kier alpha value is -2.46. The minimum absolute atomic E-state index is 0.187. The van der Waals surface area contributed by atoms with Crippen molar-refractivity contribution in [1.29, 1.82) is 0 Å². The summed E-state index contributed by atoms with van der Waals surface area (Å²) in [4.78, 5) is 26.0. The van der Waals surface area contributed by atoms with Gasteiger partial charge in [-0.05, 0) is 30.0 Å². The van der Waals surface area contributed by atoms with E-state index in [9.17, 15) is 9.59 Å².